The Morgan fingerprint density at radius 1 is 1.31 bits per heavy atom. The summed E-state index contributed by atoms with van der Waals surface area (Å²) in [4.78, 5) is 19.9. The summed E-state index contributed by atoms with van der Waals surface area (Å²) in [5, 5.41) is 2.48. The van der Waals surface area contributed by atoms with Gasteiger partial charge in [0.25, 0.3) is 5.56 Å². The molecule has 2 heterocycles. The fourth-order valence-electron chi connectivity index (χ4n) is 2.45. The summed E-state index contributed by atoms with van der Waals surface area (Å²) in [5.74, 6) is 0.608. The lowest BCUT2D eigenvalue weighted by Gasteiger charge is -2.11. The lowest BCUT2D eigenvalue weighted by atomic mass is 10.2. The molecule has 0 saturated heterocycles. The Kier molecular flexibility index (Phi) is 5.32. The number of alkyl halides is 2. The standard InChI is InChI=1S/C18H16F2N2O3S/c1-3-24-13-8-11(4-6-12(13)25-18(19)20)5-7-14-21-16(23)15-10(2)9-26-17(15)22-14/h4-9,18H,3H2,1-2H3,(H,21,22,23). The largest absolute Gasteiger partial charge is 0.490 e. The number of rotatable bonds is 6. The molecular weight excluding hydrogens is 362 g/mol. The molecule has 0 amide bonds. The minimum absolute atomic E-state index is 0.0268. The number of aromatic amines is 1. The van der Waals surface area contributed by atoms with E-state index in [1.165, 1.54) is 17.4 Å². The fourth-order valence-corrected chi connectivity index (χ4v) is 3.38. The minimum Gasteiger partial charge on any atom is -0.490 e. The van der Waals surface area contributed by atoms with E-state index >= 15 is 0 Å². The maximum absolute atomic E-state index is 12.4. The van der Waals surface area contributed by atoms with Crippen LogP contribution in [0.2, 0.25) is 0 Å². The van der Waals surface area contributed by atoms with Gasteiger partial charge < -0.3 is 14.5 Å². The number of benzene rings is 1. The summed E-state index contributed by atoms with van der Waals surface area (Å²) in [5.41, 5.74) is 1.40. The van der Waals surface area contributed by atoms with Crippen LogP contribution in [0.4, 0.5) is 8.78 Å². The van der Waals surface area contributed by atoms with Crippen LogP contribution in [0.5, 0.6) is 11.5 Å². The number of nitrogens with zero attached hydrogens (tertiary/aromatic N) is 1. The lowest BCUT2D eigenvalue weighted by Crippen LogP contribution is -2.09. The third-order valence-corrected chi connectivity index (χ3v) is 4.55. The molecule has 0 unspecified atom stereocenters. The molecule has 0 aliphatic rings. The number of fused-ring (bicyclic) bond motifs is 1. The molecule has 8 heteroatoms. The van der Waals surface area contributed by atoms with Crippen LogP contribution in [0.3, 0.4) is 0 Å². The molecule has 0 bridgehead atoms. The summed E-state index contributed by atoms with van der Waals surface area (Å²) in [6, 6.07) is 4.62. The smallest absolute Gasteiger partial charge is 0.387 e. The van der Waals surface area contributed by atoms with E-state index in [-0.39, 0.29) is 17.1 Å². The number of aryl methyl sites for hydroxylation is 1. The highest BCUT2D eigenvalue weighted by Gasteiger charge is 2.11. The van der Waals surface area contributed by atoms with Crippen molar-refractivity contribution in [3.8, 4) is 11.5 Å². The zero-order valence-electron chi connectivity index (χ0n) is 14.1. The van der Waals surface area contributed by atoms with Crippen LogP contribution in [0, 0.1) is 6.92 Å². The van der Waals surface area contributed by atoms with Crippen molar-refractivity contribution >= 4 is 33.7 Å². The maximum atomic E-state index is 12.4. The molecule has 3 rings (SSSR count). The van der Waals surface area contributed by atoms with Gasteiger partial charge >= 0.3 is 6.61 Å². The second-order valence-corrected chi connectivity index (χ2v) is 6.26. The van der Waals surface area contributed by atoms with E-state index in [1.54, 1.807) is 31.2 Å². The third-order valence-electron chi connectivity index (χ3n) is 3.56. The van der Waals surface area contributed by atoms with E-state index in [2.05, 4.69) is 14.7 Å². The van der Waals surface area contributed by atoms with Gasteiger partial charge in [-0.05, 0) is 48.6 Å². The van der Waals surface area contributed by atoms with Crippen LogP contribution in [0.15, 0.2) is 28.4 Å². The molecule has 2 aromatic heterocycles. The number of hydrogen-bond acceptors (Lipinski definition) is 5. The summed E-state index contributed by atoms with van der Waals surface area (Å²) in [6.07, 6.45) is 3.36. The monoisotopic (exact) mass is 378 g/mol. The summed E-state index contributed by atoms with van der Waals surface area (Å²) < 4.78 is 34.7. The molecule has 0 aliphatic heterocycles. The summed E-state index contributed by atoms with van der Waals surface area (Å²) >= 11 is 1.41. The van der Waals surface area contributed by atoms with Gasteiger partial charge in [-0.1, -0.05) is 12.1 Å². The molecule has 0 aliphatic carbocycles. The topological polar surface area (TPSA) is 64.2 Å². The quantitative estimate of drug-likeness (QED) is 0.688. The number of H-pyrrole nitrogens is 1. The average molecular weight is 378 g/mol. The van der Waals surface area contributed by atoms with Crippen LogP contribution >= 0.6 is 11.3 Å². The molecule has 0 saturated carbocycles. The van der Waals surface area contributed by atoms with Gasteiger partial charge in [-0.25, -0.2) is 4.98 Å². The van der Waals surface area contributed by atoms with E-state index in [0.717, 1.165) is 5.56 Å². The van der Waals surface area contributed by atoms with E-state index < -0.39 is 6.61 Å². The predicted octanol–water partition coefficient (Wildman–Crippen LogP) is 4.46. The van der Waals surface area contributed by atoms with Crippen molar-refractivity contribution in [2.75, 3.05) is 6.61 Å². The van der Waals surface area contributed by atoms with Crippen LogP contribution in [-0.2, 0) is 0 Å². The third kappa shape index (κ3) is 3.91. The molecule has 0 radical (unpaired) electrons. The Labute approximate surface area is 151 Å². The number of thiophene rings is 1. The highest BCUT2D eigenvalue weighted by atomic mass is 32.1. The van der Waals surface area contributed by atoms with Crippen molar-refractivity contribution < 1.29 is 18.3 Å². The molecule has 136 valence electrons. The van der Waals surface area contributed by atoms with E-state index in [1.807, 2.05) is 12.3 Å². The lowest BCUT2D eigenvalue weighted by molar-refractivity contribution is -0.0514. The zero-order chi connectivity index (χ0) is 18.7. The number of nitrogens with one attached hydrogen (secondary N) is 1. The highest BCUT2D eigenvalue weighted by Crippen LogP contribution is 2.30. The van der Waals surface area contributed by atoms with Gasteiger partial charge in [0.2, 0.25) is 0 Å². The van der Waals surface area contributed by atoms with Crippen molar-refractivity contribution in [1.82, 2.24) is 9.97 Å². The van der Waals surface area contributed by atoms with Gasteiger partial charge in [0, 0.05) is 0 Å². The highest BCUT2D eigenvalue weighted by molar-refractivity contribution is 7.16. The normalized spacial score (nSPS) is 11.6. The van der Waals surface area contributed by atoms with Gasteiger partial charge in [-0.2, -0.15) is 8.78 Å². The van der Waals surface area contributed by atoms with Gasteiger partial charge in [0.1, 0.15) is 10.7 Å². The second kappa shape index (κ2) is 7.65. The Hall–Kier alpha value is -2.74. The van der Waals surface area contributed by atoms with Crippen molar-refractivity contribution in [2.45, 2.75) is 20.5 Å². The zero-order valence-corrected chi connectivity index (χ0v) is 14.9. The Morgan fingerprint density at radius 2 is 2.12 bits per heavy atom. The van der Waals surface area contributed by atoms with Crippen molar-refractivity contribution in [2.24, 2.45) is 0 Å². The molecule has 0 atom stereocenters. The first-order valence-corrected chi connectivity index (χ1v) is 8.73. The number of ether oxygens (including phenoxy) is 2. The molecular formula is C18H16F2N2O3S. The number of halogens is 2. The average Bonchev–Trinajstić information content (AvgIpc) is 2.96. The molecule has 1 aromatic carbocycles. The Morgan fingerprint density at radius 3 is 2.85 bits per heavy atom. The van der Waals surface area contributed by atoms with Crippen LogP contribution in [-0.4, -0.2) is 23.2 Å². The molecule has 1 N–H and O–H groups in total. The van der Waals surface area contributed by atoms with Crippen LogP contribution < -0.4 is 15.0 Å². The first-order valence-electron chi connectivity index (χ1n) is 7.85. The molecule has 5 nitrogen and oxygen atoms in total. The van der Waals surface area contributed by atoms with Gasteiger partial charge in [0.15, 0.2) is 11.5 Å². The summed E-state index contributed by atoms with van der Waals surface area (Å²) in [7, 11) is 0. The molecule has 0 spiro atoms. The van der Waals surface area contributed by atoms with Gasteiger partial charge in [-0.3, -0.25) is 4.79 Å². The Balaban J connectivity index is 1.90. The first kappa shape index (κ1) is 18.1. The van der Waals surface area contributed by atoms with Crippen LogP contribution in [0.1, 0.15) is 23.9 Å². The van der Waals surface area contributed by atoms with Gasteiger partial charge in [0.05, 0.1) is 12.0 Å². The number of aromatic nitrogens is 2. The number of hydrogen-bond donors (Lipinski definition) is 1. The van der Waals surface area contributed by atoms with Gasteiger partial charge in [-0.15, -0.1) is 11.3 Å². The van der Waals surface area contributed by atoms with Crippen molar-refractivity contribution in [3.05, 3.63) is 50.9 Å². The predicted molar refractivity (Wildman–Crippen MR) is 98.1 cm³/mol. The van der Waals surface area contributed by atoms with Crippen molar-refractivity contribution in [1.29, 1.82) is 0 Å². The molecule has 26 heavy (non-hydrogen) atoms. The van der Waals surface area contributed by atoms with E-state index in [0.29, 0.717) is 28.2 Å². The second-order valence-electron chi connectivity index (χ2n) is 5.40. The van der Waals surface area contributed by atoms with E-state index in [9.17, 15) is 13.6 Å². The van der Waals surface area contributed by atoms with Crippen molar-refractivity contribution in [3.63, 3.8) is 0 Å². The SMILES string of the molecule is CCOc1cc(C=Cc2nc3scc(C)c3c(=O)[nH]2)ccc1OC(F)F. The fraction of sp³-hybridized carbons (Fsp3) is 0.222. The maximum Gasteiger partial charge on any atom is 0.387 e. The van der Waals surface area contributed by atoms with E-state index in [4.69, 9.17) is 4.74 Å². The Bertz CT molecular complexity index is 1010. The molecule has 0 fully saturated rings. The molecule has 3 aromatic rings. The van der Waals surface area contributed by atoms with Crippen LogP contribution in [0.25, 0.3) is 22.4 Å². The summed E-state index contributed by atoms with van der Waals surface area (Å²) in [6.45, 7) is 1.01. The minimum atomic E-state index is -2.93. The first-order chi connectivity index (χ1) is 12.5.